The molecule has 1 aromatic rings. The monoisotopic (exact) mass is 343 g/mol. The molecule has 3 atom stereocenters. The molecular formula is C14H19N2O4S2+. The first-order valence-corrected chi connectivity index (χ1v) is 9.20. The van der Waals surface area contributed by atoms with E-state index in [2.05, 4.69) is 5.32 Å². The zero-order valence-corrected chi connectivity index (χ0v) is 14.1. The highest BCUT2D eigenvalue weighted by atomic mass is 32.3. The summed E-state index contributed by atoms with van der Waals surface area (Å²) < 4.78 is 32.2. The van der Waals surface area contributed by atoms with Gasteiger partial charge in [0.05, 0.1) is 14.2 Å². The summed E-state index contributed by atoms with van der Waals surface area (Å²) in [5, 5.41) is 3.79. The first-order chi connectivity index (χ1) is 10.4. The van der Waals surface area contributed by atoms with Gasteiger partial charge in [-0.1, -0.05) is 10.3 Å². The van der Waals surface area contributed by atoms with Gasteiger partial charge in [-0.2, -0.15) is 4.55 Å². The van der Waals surface area contributed by atoms with Gasteiger partial charge in [-0.15, -0.1) is 0 Å². The normalized spacial score (nSPS) is 30.1. The fraction of sp³-hybridized carbons (Fsp3) is 0.500. The van der Waals surface area contributed by atoms with Crippen molar-refractivity contribution < 1.29 is 18.2 Å². The summed E-state index contributed by atoms with van der Waals surface area (Å²) in [6.45, 7) is 0.572. The molecule has 0 aliphatic carbocycles. The Morgan fingerprint density at radius 1 is 1.36 bits per heavy atom. The van der Waals surface area contributed by atoms with Crippen molar-refractivity contribution in [1.29, 1.82) is 0 Å². The van der Waals surface area contributed by atoms with Gasteiger partial charge in [0.2, 0.25) is 10.2 Å². The molecule has 22 heavy (non-hydrogen) atoms. The third-order valence-electron chi connectivity index (χ3n) is 4.11. The van der Waals surface area contributed by atoms with Crippen LogP contribution >= 0.6 is 12.2 Å². The van der Waals surface area contributed by atoms with Gasteiger partial charge < -0.3 is 19.7 Å². The van der Waals surface area contributed by atoms with Crippen molar-refractivity contribution in [2.24, 2.45) is 0 Å². The van der Waals surface area contributed by atoms with Gasteiger partial charge >= 0.3 is 0 Å². The van der Waals surface area contributed by atoms with E-state index in [0.717, 1.165) is 5.56 Å². The Morgan fingerprint density at radius 3 is 2.77 bits per heavy atom. The zero-order chi connectivity index (χ0) is 15.9. The molecule has 0 radical (unpaired) electrons. The minimum atomic E-state index is -2.74. The van der Waals surface area contributed by atoms with Crippen molar-refractivity contribution in [3.05, 3.63) is 23.8 Å². The minimum absolute atomic E-state index is 0.0295. The van der Waals surface area contributed by atoms with E-state index in [4.69, 9.17) is 21.7 Å². The Hall–Kier alpha value is -1.38. The van der Waals surface area contributed by atoms with E-state index < -0.39 is 10.2 Å². The predicted molar refractivity (Wildman–Crippen MR) is 88.8 cm³/mol. The van der Waals surface area contributed by atoms with Gasteiger partial charge in [-0.3, -0.25) is 0 Å². The van der Waals surface area contributed by atoms with Crippen LogP contribution in [0.3, 0.4) is 0 Å². The number of methoxy groups -OCH3 is 2. The molecule has 0 saturated carbocycles. The first-order valence-electron chi connectivity index (χ1n) is 6.93. The number of fused-ring (bicyclic) bond motifs is 1. The molecular weight excluding hydrogens is 324 g/mol. The molecule has 8 heteroatoms. The average molecular weight is 343 g/mol. The molecule has 3 rings (SSSR count). The van der Waals surface area contributed by atoms with E-state index in [1.807, 2.05) is 23.1 Å². The number of hydrogen-bond acceptors (Lipinski definition) is 4. The Kier molecular flexibility index (Phi) is 4.00. The molecule has 2 heterocycles. The summed E-state index contributed by atoms with van der Waals surface area (Å²) in [4.78, 5) is 1.99. The maximum atomic E-state index is 11.9. The van der Waals surface area contributed by atoms with Crippen LogP contribution in [0.5, 0.6) is 11.5 Å². The van der Waals surface area contributed by atoms with Crippen LogP contribution in [0, 0.1) is 0 Å². The van der Waals surface area contributed by atoms with Crippen LogP contribution in [0.2, 0.25) is 0 Å². The van der Waals surface area contributed by atoms with Gasteiger partial charge in [0.25, 0.3) is 0 Å². The largest absolute Gasteiger partial charge is 0.493 e. The zero-order valence-electron chi connectivity index (χ0n) is 12.4. The van der Waals surface area contributed by atoms with Crippen LogP contribution in [0.25, 0.3) is 0 Å². The van der Waals surface area contributed by atoms with Gasteiger partial charge in [0.1, 0.15) is 12.1 Å². The Labute approximate surface area is 136 Å². The van der Waals surface area contributed by atoms with Crippen molar-refractivity contribution in [3.8, 4) is 11.5 Å². The van der Waals surface area contributed by atoms with Crippen LogP contribution < -0.4 is 14.8 Å². The molecule has 2 N–H and O–H groups in total. The number of hydrogen-bond donors (Lipinski definition) is 2. The molecule has 2 saturated heterocycles. The lowest BCUT2D eigenvalue weighted by atomic mass is 10.1. The molecule has 2 aliphatic heterocycles. The van der Waals surface area contributed by atoms with E-state index in [9.17, 15) is 8.76 Å². The van der Waals surface area contributed by atoms with Crippen molar-refractivity contribution in [2.75, 3.05) is 25.7 Å². The summed E-state index contributed by atoms with van der Waals surface area (Å²) in [6.07, 6.45) is 0. The average Bonchev–Trinajstić information content (AvgIpc) is 2.91. The number of ether oxygens (including phenoxy) is 2. The Balaban J connectivity index is 1.80. The van der Waals surface area contributed by atoms with Crippen LogP contribution in [0.4, 0.5) is 0 Å². The second-order valence-electron chi connectivity index (χ2n) is 5.55. The quantitative estimate of drug-likeness (QED) is 0.627. The maximum absolute atomic E-state index is 11.9. The molecule has 1 aromatic carbocycles. The molecule has 1 unspecified atom stereocenters. The lowest BCUT2D eigenvalue weighted by molar-refractivity contribution is 0.341. The topological polar surface area (TPSA) is 71.0 Å². The van der Waals surface area contributed by atoms with Crippen molar-refractivity contribution in [3.63, 3.8) is 0 Å². The third kappa shape index (κ3) is 2.78. The van der Waals surface area contributed by atoms with E-state index in [1.165, 1.54) is 0 Å². The fourth-order valence-corrected chi connectivity index (χ4v) is 5.34. The summed E-state index contributed by atoms with van der Waals surface area (Å²) in [5.41, 5.74) is 1.01. The number of nitrogens with zero attached hydrogens (tertiary/aromatic N) is 1. The first kappa shape index (κ1) is 15.5. The van der Waals surface area contributed by atoms with Gasteiger partial charge in [-0.05, 0) is 29.9 Å². The van der Waals surface area contributed by atoms with Crippen molar-refractivity contribution >= 4 is 27.5 Å². The number of benzene rings is 1. The summed E-state index contributed by atoms with van der Waals surface area (Å²) in [6, 6.07) is 5.63. The molecule has 120 valence electrons. The fourth-order valence-electron chi connectivity index (χ4n) is 3.04. The van der Waals surface area contributed by atoms with E-state index in [1.54, 1.807) is 14.2 Å². The standard InChI is InChI=1S/C14H18N2O4S2/c1-19-12-4-3-9(5-13(12)20-2)6-16-11-8-22(17,18)7-10(11)15-14(16)21/h3-5,10-11H,6-8H2,1-2H3,(H-,15,17,18,21)/p+1/t10-,11-/m1/s1. The van der Waals surface area contributed by atoms with Crippen LogP contribution in [-0.2, 0) is 21.0 Å². The van der Waals surface area contributed by atoms with Crippen molar-refractivity contribution in [2.45, 2.75) is 18.6 Å². The summed E-state index contributed by atoms with van der Waals surface area (Å²) in [7, 11) is 0.454. The minimum Gasteiger partial charge on any atom is -0.493 e. The van der Waals surface area contributed by atoms with Crippen LogP contribution in [-0.4, -0.2) is 52.4 Å². The second kappa shape index (κ2) is 5.68. The lowest BCUT2D eigenvalue weighted by Gasteiger charge is -2.22. The number of nitrogens with one attached hydrogen (secondary N) is 1. The molecule has 0 spiro atoms. The number of rotatable bonds is 4. The van der Waals surface area contributed by atoms with Crippen LogP contribution in [0.1, 0.15) is 5.56 Å². The molecule has 0 amide bonds. The second-order valence-corrected chi connectivity index (χ2v) is 8.14. The van der Waals surface area contributed by atoms with E-state index in [-0.39, 0.29) is 23.6 Å². The van der Waals surface area contributed by atoms with Crippen molar-refractivity contribution in [1.82, 2.24) is 10.2 Å². The van der Waals surface area contributed by atoms with Gasteiger partial charge in [0, 0.05) is 6.54 Å². The van der Waals surface area contributed by atoms with Gasteiger partial charge in [0.15, 0.2) is 28.1 Å². The number of thiocarbonyl (C=S) groups is 1. The highest BCUT2D eigenvalue weighted by Crippen LogP contribution is 2.31. The summed E-state index contributed by atoms with van der Waals surface area (Å²) in [5.74, 6) is 1.86. The molecule has 0 bridgehead atoms. The Bertz CT molecular complexity index is 652. The third-order valence-corrected chi connectivity index (χ3v) is 6.20. The SMILES string of the molecule is COc1ccc(CN2C(=S)N[C@@H]3C[S+](=O)(O)C[C@H]32)cc1OC. The highest BCUT2D eigenvalue weighted by Gasteiger charge is 2.53. The van der Waals surface area contributed by atoms with Gasteiger partial charge in [-0.25, -0.2) is 0 Å². The maximum Gasteiger partial charge on any atom is 0.218 e. The summed E-state index contributed by atoms with van der Waals surface area (Å²) >= 11 is 5.36. The smallest absolute Gasteiger partial charge is 0.218 e. The molecule has 2 fully saturated rings. The van der Waals surface area contributed by atoms with E-state index >= 15 is 0 Å². The molecule has 6 nitrogen and oxygen atoms in total. The highest BCUT2D eigenvalue weighted by molar-refractivity contribution is 7.98. The van der Waals surface area contributed by atoms with Crippen LogP contribution in [0.15, 0.2) is 18.2 Å². The lowest BCUT2D eigenvalue weighted by Crippen LogP contribution is -2.36. The Morgan fingerprint density at radius 2 is 2.09 bits per heavy atom. The molecule has 2 aliphatic rings. The molecule has 0 aromatic heterocycles. The predicted octanol–water partition coefficient (Wildman–Crippen LogP) is 1.12. The van der Waals surface area contributed by atoms with E-state index in [0.29, 0.717) is 23.2 Å².